The van der Waals surface area contributed by atoms with Crippen molar-refractivity contribution in [3.8, 4) is 0 Å². The molecule has 0 unspecified atom stereocenters. The molecule has 210 valence electrons. The molecule has 41 heavy (non-hydrogen) atoms. The molecular weight excluding hydrogens is 516 g/mol. The average Bonchev–Trinajstić information content (AvgIpc) is 3.03. The summed E-state index contributed by atoms with van der Waals surface area (Å²) >= 11 is 0. The minimum atomic E-state index is -1.11. The number of Topliss-reactive ketones (excluding diaryl/α,β-unsaturated/α-hetero) is 1. The summed E-state index contributed by atoms with van der Waals surface area (Å²) in [4.78, 5) is 26.7. The summed E-state index contributed by atoms with van der Waals surface area (Å²) in [6.45, 7) is 4.26. The van der Waals surface area contributed by atoms with Gasteiger partial charge in [-0.3, -0.25) is 4.79 Å². The fourth-order valence-corrected chi connectivity index (χ4v) is 4.19. The number of esters is 1. The van der Waals surface area contributed by atoms with Gasteiger partial charge in [-0.15, -0.1) is 0 Å². The Bertz CT molecular complexity index is 1340. The van der Waals surface area contributed by atoms with Gasteiger partial charge in [-0.05, 0) is 34.9 Å². The smallest absolute Gasteiger partial charge is 0.338 e. The number of carbonyl (C=O) groups is 2. The molecule has 0 bridgehead atoms. The predicted molar refractivity (Wildman–Crippen MR) is 157 cm³/mol. The van der Waals surface area contributed by atoms with Crippen molar-refractivity contribution >= 4 is 11.8 Å². The summed E-state index contributed by atoms with van der Waals surface area (Å²) in [6.07, 6.45) is -1.61. The summed E-state index contributed by atoms with van der Waals surface area (Å²) in [5, 5.41) is 0. The number of ether oxygens (including phenoxy) is 4. The molecule has 0 aliphatic heterocycles. The van der Waals surface area contributed by atoms with Gasteiger partial charge in [-0.25, -0.2) is 4.79 Å². The largest absolute Gasteiger partial charge is 0.452 e. The van der Waals surface area contributed by atoms with Crippen molar-refractivity contribution in [3.63, 3.8) is 0 Å². The van der Waals surface area contributed by atoms with Crippen LogP contribution in [0.4, 0.5) is 0 Å². The summed E-state index contributed by atoms with van der Waals surface area (Å²) < 4.78 is 24.1. The lowest BCUT2D eigenvalue weighted by atomic mass is 10.0. The monoisotopic (exact) mass is 550 g/mol. The van der Waals surface area contributed by atoms with E-state index in [1.165, 1.54) is 6.08 Å². The Labute approximate surface area is 241 Å². The summed E-state index contributed by atoms with van der Waals surface area (Å²) in [5.41, 5.74) is 3.10. The highest BCUT2D eigenvalue weighted by Gasteiger charge is 2.37. The Balaban J connectivity index is 1.57. The molecule has 3 atom stereocenters. The first-order valence-electron chi connectivity index (χ1n) is 13.5. The molecule has 0 aliphatic carbocycles. The van der Waals surface area contributed by atoms with Crippen LogP contribution in [0.3, 0.4) is 0 Å². The first kappa shape index (κ1) is 29.6. The molecule has 0 spiro atoms. The number of hydrogen-bond donors (Lipinski definition) is 0. The highest BCUT2D eigenvalue weighted by molar-refractivity contribution is 5.89. The third-order valence-electron chi connectivity index (χ3n) is 6.34. The summed E-state index contributed by atoms with van der Waals surface area (Å²) in [7, 11) is 0. The molecule has 0 heterocycles. The molecule has 0 N–H and O–H groups in total. The van der Waals surface area contributed by atoms with Crippen molar-refractivity contribution in [2.24, 2.45) is 0 Å². The second-order valence-electron chi connectivity index (χ2n) is 9.39. The van der Waals surface area contributed by atoms with E-state index in [0.717, 1.165) is 16.7 Å². The lowest BCUT2D eigenvalue weighted by molar-refractivity contribution is -0.159. The SMILES string of the molecule is C=C[C@H](OC(=O)c1ccccc1)[C@@H](OCc1ccccc1)[C@H](OCc1ccccc1)C(=O)COCc1ccccc1. The molecule has 4 rings (SSSR count). The van der Waals surface area contributed by atoms with Gasteiger partial charge in [0.25, 0.3) is 0 Å². The molecule has 0 aromatic heterocycles. The fraction of sp³-hybridized carbons (Fsp3) is 0.200. The van der Waals surface area contributed by atoms with Gasteiger partial charge in [-0.1, -0.05) is 116 Å². The van der Waals surface area contributed by atoms with Crippen LogP contribution in [0.5, 0.6) is 0 Å². The van der Waals surface area contributed by atoms with Crippen molar-refractivity contribution in [3.05, 3.63) is 156 Å². The van der Waals surface area contributed by atoms with E-state index in [0.29, 0.717) is 5.56 Å². The second kappa shape index (κ2) is 16.0. The van der Waals surface area contributed by atoms with Crippen molar-refractivity contribution in [1.82, 2.24) is 0 Å². The third-order valence-corrected chi connectivity index (χ3v) is 6.34. The van der Waals surface area contributed by atoms with Gasteiger partial charge in [0.1, 0.15) is 24.9 Å². The van der Waals surface area contributed by atoms with E-state index in [2.05, 4.69) is 6.58 Å². The number of benzene rings is 4. The van der Waals surface area contributed by atoms with E-state index in [9.17, 15) is 9.59 Å². The van der Waals surface area contributed by atoms with E-state index in [-0.39, 0.29) is 32.2 Å². The van der Waals surface area contributed by atoms with Crippen LogP contribution in [0.15, 0.2) is 134 Å². The molecular formula is C35H34O6. The summed E-state index contributed by atoms with van der Waals surface area (Å²) in [5.74, 6) is -0.893. The number of carbonyl (C=O) groups excluding carboxylic acids is 2. The Hall–Kier alpha value is -4.36. The number of rotatable bonds is 16. The number of hydrogen-bond acceptors (Lipinski definition) is 6. The van der Waals surface area contributed by atoms with Crippen LogP contribution in [-0.2, 0) is 43.6 Å². The van der Waals surface area contributed by atoms with Crippen LogP contribution in [0.25, 0.3) is 0 Å². The first-order valence-corrected chi connectivity index (χ1v) is 13.5. The maximum absolute atomic E-state index is 13.7. The minimum Gasteiger partial charge on any atom is -0.452 e. The van der Waals surface area contributed by atoms with Gasteiger partial charge in [0.05, 0.1) is 25.4 Å². The van der Waals surface area contributed by atoms with Crippen molar-refractivity contribution in [2.45, 2.75) is 38.1 Å². The maximum Gasteiger partial charge on any atom is 0.338 e. The Kier molecular flexibility index (Phi) is 11.6. The molecule has 0 saturated heterocycles. The van der Waals surface area contributed by atoms with E-state index < -0.39 is 24.3 Å². The molecule has 4 aromatic carbocycles. The molecule has 4 aromatic rings. The predicted octanol–water partition coefficient (Wildman–Crippen LogP) is 6.35. The second-order valence-corrected chi connectivity index (χ2v) is 9.39. The van der Waals surface area contributed by atoms with Crippen LogP contribution < -0.4 is 0 Å². The van der Waals surface area contributed by atoms with Gasteiger partial charge >= 0.3 is 5.97 Å². The van der Waals surface area contributed by atoms with E-state index in [1.807, 2.05) is 97.1 Å². The highest BCUT2D eigenvalue weighted by Crippen LogP contribution is 2.20. The van der Waals surface area contributed by atoms with Crippen molar-refractivity contribution in [2.75, 3.05) is 6.61 Å². The standard InChI is InChI=1S/C35H34O6/c1-2-32(41-35(37)30-21-13-6-14-22-30)34(40-25-29-19-11-5-12-20-29)33(39-24-28-17-9-4-10-18-28)31(36)26-38-23-27-15-7-3-8-16-27/h2-22,32-34H,1,23-26H2/t32-,33+,34+/m0/s1. The quantitative estimate of drug-likeness (QED) is 0.120. The van der Waals surface area contributed by atoms with Crippen LogP contribution in [-0.4, -0.2) is 36.7 Å². The third kappa shape index (κ3) is 9.36. The van der Waals surface area contributed by atoms with Crippen LogP contribution in [0.2, 0.25) is 0 Å². The zero-order chi connectivity index (χ0) is 28.7. The highest BCUT2D eigenvalue weighted by atomic mass is 16.6. The van der Waals surface area contributed by atoms with Gasteiger partial charge in [0.2, 0.25) is 0 Å². The lowest BCUT2D eigenvalue weighted by Crippen LogP contribution is -2.48. The van der Waals surface area contributed by atoms with Gasteiger partial charge in [0, 0.05) is 0 Å². The molecule has 0 amide bonds. The molecule has 6 nitrogen and oxygen atoms in total. The Morgan fingerprint density at radius 2 is 1.10 bits per heavy atom. The maximum atomic E-state index is 13.7. The van der Waals surface area contributed by atoms with E-state index in [1.54, 1.807) is 24.3 Å². The summed E-state index contributed by atoms with van der Waals surface area (Å²) in [6, 6.07) is 37.3. The molecule has 0 radical (unpaired) electrons. The molecule has 0 aliphatic rings. The van der Waals surface area contributed by atoms with E-state index in [4.69, 9.17) is 18.9 Å². The Morgan fingerprint density at radius 1 is 0.634 bits per heavy atom. The van der Waals surface area contributed by atoms with E-state index >= 15 is 0 Å². The fourth-order valence-electron chi connectivity index (χ4n) is 4.19. The Morgan fingerprint density at radius 3 is 1.61 bits per heavy atom. The average molecular weight is 551 g/mol. The van der Waals surface area contributed by atoms with Crippen molar-refractivity contribution < 1.29 is 28.5 Å². The molecule has 0 fully saturated rings. The minimum absolute atomic E-state index is 0.150. The van der Waals surface area contributed by atoms with Crippen LogP contribution in [0, 0.1) is 0 Å². The lowest BCUT2D eigenvalue weighted by Gasteiger charge is -2.31. The normalized spacial score (nSPS) is 13.1. The first-order chi connectivity index (χ1) is 20.1. The molecule has 6 heteroatoms. The van der Waals surface area contributed by atoms with Gasteiger partial charge in [-0.2, -0.15) is 0 Å². The number of ketones is 1. The topological polar surface area (TPSA) is 71.1 Å². The van der Waals surface area contributed by atoms with Gasteiger partial charge < -0.3 is 18.9 Å². The zero-order valence-electron chi connectivity index (χ0n) is 22.8. The molecule has 0 saturated carbocycles. The van der Waals surface area contributed by atoms with Gasteiger partial charge in [0.15, 0.2) is 5.78 Å². The van der Waals surface area contributed by atoms with Crippen LogP contribution >= 0.6 is 0 Å². The zero-order valence-corrected chi connectivity index (χ0v) is 22.8. The van der Waals surface area contributed by atoms with Crippen LogP contribution in [0.1, 0.15) is 27.0 Å². The van der Waals surface area contributed by atoms with Crippen molar-refractivity contribution in [1.29, 1.82) is 0 Å².